The normalized spacial score (nSPS) is 15.7. The summed E-state index contributed by atoms with van der Waals surface area (Å²) >= 11 is 12.6. The van der Waals surface area contributed by atoms with E-state index in [1.165, 1.54) is 36.4 Å². The lowest BCUT2D eigenvalue weighted by molar-refractivity contribution is -0.265. The average Bonchev–Trinajstić information content (AvgIpc) is 4.13. The molecule has 6 aromatic heterocycles. The number of nitrogens with zero attached hydrogens (tertiary/aromatic N) is 14. The Morgan fingerprint density at radius 1 is 0.634 bits per heavy atom. The summed E-state index contributed by atoms with van der Waals surface area (Å²) in [5.41, 5.74) is -2.69. The first kappa shape index (κ1) is 54.6. The van der Waals surface area contributed by atoms with Crippen molar-refractivity contribution >= 4 is 98.7 Å². The van der Waals surface area contributed by atoms with E-state index in [9.17, 15) is 35.1 Å². The smallest absolute Gasteiger partial charge is 0.415 e. The Bertz CT molecular complexity index is 2880. The number of hydrogen-bond donors (Lipinski definition) is 0. The second kappa shape index (κ2) is 22.1. The van der Waals surface area contributed by atoms with Crippen LogP contribution in [-0.2, 0) is 23.4 Å². The standard InChI is InChI=1S/C34H27Br3F12I2N14O6/c1-4-7-15-23(59-12(5-2)8-18(53-59)66-28(38)39)34(71-33(48)49,58-11-13(35)24(37)56-58)65(63-26(69-31(44)45)21(14(6-3)52-63)61-17(50)10-20(55-61)68-30(42)43)64(15)62-27(70-32(46)47)22(25(51)57-62)60-16(36)9-19(54-60)67-29(40)41/h8-11,28-33H,4-7H2,1-3H3/q+1. The summed E-state index contributed by atoms with van der Waals surface area (Å²) in [6.07, 6.45) is 0.102. The molecule has 71 heavy (non-hydrogen) atoms. The lowest BCUT2D eigenvalue weighted by Gasteiger charge is -2.30. The number of alkyl halides is 12. The van der Waals surface area contributed by atoms with Crippen molar-refractivity contribution in [2.45, 2.75) is 92.0 Å². The van der Waals surface area contributed by atoms with E-state index in [0.717, 1.165) is 38.4 Å². The molecule has 7 heterocycles. The van der Waals surface area contributed by atoms with Gasteiger partial charge in [-0.05, 0) is 117 Å². The Hall–Kier alpha value is -4.22. The predicted octanol–water partition coefficient (Wildman–Crippen LogP) is 10.2. The largest absolute Gasteiger partial charge is 0.460 e. The SMILES string of the molecule is CCCC1=C(n2nc(OC(F)F)cc2CC)C(OC(F)F)(n2cc(Br)c(Br)n2)[N+](n2nc(CC)c(-n3nc(OC(F)F)cc3I)c2OC(F)F)N1n1nc(I)c(-n2nc(OC(F)F)cc2Br)c1OC(F)F. The fourth-order valence-electron chi connectivity index (χ4n) is 7.03. The van der Waals surface area contributed by atoms with Crippen LogP contribution in [0.5, 0.6) is 29.4 Å². The zero-order valence-electron chi connectivity index (χ0n) is 35.2. The molecule has 1 unspecified atom stereocenters. The van der Waals surface area contributed by atoms with E-state index >= 15 is 17.6 Å². The van der Waals surface area contributed by atoms with Crippen molar-refractivity contribution in [3.63, 3.8) is 0 Å². The van der Waals surface area contributed by atoms with Gasteiger partial charge in [0.25, 0.3) is 5.88 Å². The van der Waals surface area contributed by atoms with Crippen molar-refractivity contribution in [3.05, 3.63) is 62.6 Å². The summed E-state index contributed by atoms with van der Waals surface area (Å²) in [7, 11) is 0. The Morgan fingerprint density at radius 2 is 1.20 bits per heavy atom. The molecule has 1 aliphatic rings. The Morgan fingerprint density at radius 3 is 1.73 bits per heavy atom. The highest BCUT2D eigenvalue weighted by atomic mass is 127. The number of allylic oxidation sites excluding steroid dienone is 1. The van der Waals surface area contributed by atoms with Crippen LogP contribution in [0.15, 0.2) is 43.8 Å². The van der Waals surface area contributed by atoms with Crippen LogP contribution >= 0.6 is 93.0 Å². The summed E-state index contributed by atoms with van der Waals surface area (Å²) < 4.78 is 205. The first-order valence-electron chi connectivity index (χ1n) is 19.5. The molecule has 1 aliphatic heterocycles. The van der Waals surface area contributed by atoms with E-state index in [2.05, 4.69) is 92.6 Å². The van der Waals surface area contributed by atoms with Crippen LogP contribution in [0, 0.1) is 7.40 Å². The zero-order chi connectivity index (χ0) is 52.0. The fraction of sp³-hybridized carbons (Fsp3) is 0.412. The van der Waals surface area contributed by atoms with Gasteiger partial charge in [-0.1, -0.05) is 32.0 Å². The van der Waals surface area contributed by atoms with Crippen LogP contribution in [0.3, 0.4) is 0 Å². The van der Waals surface area contributed by atoms with Crippen LogP contribution < -0.4 is 33.9 Å². The predicted molar refractivity (Wildman–Crippen MR) is 243 cm³/mol. The van der Waals surface area contributed by atoms with Gasteiger partial charge in [0.05, 0.1) is 16.4 Å². The van der Waals surface area contributed by atoms with Gasteiger partial charge in [0.1, 0.15) is 18.6 Å². The molecule has 0 saturated carbocycles. The Balaban J connectivity index is 1.73. The minimum absolute atomic E-state index is 0.0115. The Labute approximate surface area is 441 Å². The minimum Gasteiger partial charge on any atom is -0.415 e. The highest BCUT2D eigenvalue weighted by molar-refractivity contribution is 14.1. The molecule has 20 nitrogen and oxygen atoms in total. The number of halogens is 17. The monoisotopic (exact) mass is 1450 g/mol. The molecule has 6 aromatic rings. The molecule has 0 amide bonds. The van der Waals surface area contributed by atoms with E-state index in [1.54, 1.807) is 29.5 Å². The summed E-state index contributed by atoms with van der Waals surface area (Å²) in [5, 5.41) is 26.4. The molecular formula is C34H27Br3F12I2N14O6+. The van der Waals surface area contributed by atoms with Crippen LogP contribution in [0.25, 0.3) is 17.1 Å². The van der Waals surface area contributed by atoms with Crippen molar-refractivity contribution in [3.8, 4) is 40.8 Å². The first-order valence-corrected chi connectivity index (χ1v) is 24.1. The van der Waals surface area contributed by atoms with Gasteiger partial charge in [0.15, 0.2) is 25.9 Å². The van der Waals surface area contributed by atoms with Gasteiger partial charge in [-0.2, -0.15) is 62.5 Å². The number of aryl methyl sites for hydroxylation is 2. The number of hydrazine groups is 1. The quantitative estimate of drug-likeness (QED) is 0.0358. The van der Waals surface area contributed by atoms with Gasteiger partial charge >= 0.3 is 51.4 Å². The second-order valence-electron chi connectivity index (χ2n) is 13.6. The van der Waals surface area contributed by atoms with E-state index in [-0.39, 0.29) is 51.7 Å². The molecule has 7 rings (SSSR count). The molecular weight excluding hydrogens is 1420 g/mol. The molecule has 0 fully saturated rings. The zero-order valence-corrected chi connectivity index (χ0v) is 44.3. The second-order valence-corrected chi connectivity index (χ2v) is 18.1. The number of hydrogen-bond acceptors (Lipinski definition) is 14. The van der Waals surface area contributed by atoms with Gasteiger partial charge in [0.2, 0.25) is 17.6 Å². The number of rotatable bonds is 22. The van der Waals surface area contributed by atoms with Crippen molar-refractivity contribution in [2.75, 3.05) is 5.12 Å². The highest BCUT2D eigenvalue weighted by Crippen LogP contribution is 2.50. The van der Waals surface area contributed by atoms with Crippen molar-refractivity contribution in [1.29, 1.82) is 0 Å². The lowest BCUT2D eigenvalue weighted by Crippen LogP contribution is -2.66. The third-order valence-electron chi connectivity index (χ3n) is 9.36. The van der Waals surface area contributed by atoms with Gasteiger partial charge < -0.3 is 23.7 Å². The third-order valence-corrected chi connectivity index (χ3v) is 13.1. The van der Waals surface area contributed by atoms with Crippen LogP contribution in [-0.4, -0.2) is 98.6 Å². The highest BCUT2D eigenvalue weighted by Gasteiger charge is 2.73. The van der Waals surface area contributed by atoms with E-state index in [1.807, 2.05) is 0 Å². The molecule has 0 N–H and O–H groups in total. The summed E-state index contributed by atoms with van der Waals surface area (Å²) in [6.45, 7) is -17.5. The average molecular weight is 1450 g/mol. The fourth-order valence-corrected chi connectivity index (χ4v) is 9.31. The molecule has 0 spiro atoms. The molecule has 0 aliphatic carbocycles. The summed E-state index contributed by atoms with van der Waals surface area (Å²) in [5.74, 6) is -7.93. The van der Waals surface area contributed by atoms with Crippen LogP contribution in [0.2, 0.25) is 0 Å². The summed E-state index contributed by atoms with van der Waals surface area (Å²) in [6, 6.07) is 2.87. The molecule has 1 radical (unpaired) electrons. The van der Waals surface area contributed by atoms with Gasteiger partial charge in [-0.25, -0.2) is 18.8 Å². The molecule has 0 aromatic carbocycles. The third kappa shape index (κ3) is 10.7. The molecule has 0 bridgehead atoms. The van der Waals surface area contributed by atoms with E-state index < -0.39 is 104 Å². The molecule has 37 heteroatoms. The lowest BCUT2D eigenvalue weighted by atomic mass is 10.1. The summed E-state index contributed by atoms with van der Waals surface area (Å²) in [4.78, 5) is 0.849. The molecule has 387 valence electrons. The van der Waals surface area contributed by atoms with Crippen molar-refractivity contribution in [1.82, 2.24) is 64.0 Å². The Kier molecular flexibility index (Phi) is 17.0. The van der Waals surface area contributed by atoms with Crippen LogP contribution in [0.1, 0.15) is 45.0 Å². The molecule has 1 atom stereocenters. The van der Waals surface area contributed by atoms with E-state index in [0.29, 0.717) is 24.5 Å². The van der Waals surface area contributed by atoms with E-state index in [4.69, 9.17) is 14.2 Å². The number of ether oxygens (including phenoxy) is 6. The van der Waals surface area contributed by atoms with Crippen LogP contribution in [0.4, 0.5) is 52.7 Å². The minimum atomic E-state index is -3.99. The number of aromatic nitrogens is 12. The van der Waals surface area contributed by atoms with Gasteiger partial charge in [-0.15, -0.1) is 25.5 Å². The first-order chi connectivity index (χ1) is 33.5. The maximum absolute atomic E-state index is 15.9. The topological polar surface area (TPSA) is 171 Å². The molecule has 0 saturated heterocycles. The van der Waals surface area contributed by atoms with Crippen molar-refractivity contribution in [2.24, 2.45) is 0 Å². The van der Waals surface area contributed by atoms with Crippen molar-refractivity contribution < 1.29 is 81.1 Å². The van der Waals surface area contributed by atoms with Gasteiger partial charge in [-0.3, -0.25) is 0 Å². The maximum atomic E-state index is 15.9. The van der Waals surface area contributed by atoms with Gasteiger partial charge in [0, 0.05) is 28.7 Å². The maximum Gasteiger partial charge on any atom is 0.460 e.